The Morgan fingerprint density at radius 3 is 2.66 bits per heavy atom. The summed E-state index contributed by atoms with van der Waals surface area (Å²) >= 11 is 8.56. The van der Waals surface area contributed by atoms with E-state index in [0.717, 1.165) is 45.6 Å². The van der Waals surface area contributed by atoms with Gasteiger partial charge < -0.3 is 4.90 Å². The third-order valence-electron chi connectivity index (χ3n) is 6.18. The van der Waals surface area contributed by atoms with Crippen LogP contribution in [0.25, 0.3) is 10.2 Å². The van der Waals surface area contributed by atoms with E-state index in [1.54, 1.807) is 11.0 Å². The van der Waals surface area contributed by atoms with Gasteiger partial charge in [0.25, 0.3) is 10.0 Å². The molecule has 1 fully saturated rings. The number of thiophene rings is 1. The molecule has 1 atom stereocenters. The van der Waals surface area contributed by atoms with Crippen molar-refractivity contribution >= 4 is 65.6 Å². The van der Waals surface area contributed by atoms with Crippen molar-refractivity contribution in [1.29, 1.82) is 0 Å². The maximum absolute atomic E-state index is 13.9. The van der Waals surface area contributed by atoms with E-state index in [9.17, 15) is 13.2 Å². The van der Waals surface area contributed by atoms with Gasteiger partial charge in [-0.2, -0.15) is 4.31 Å². The lowest BCUT2D eigenvalue weighted by Gasteiger charge is -2.33. The quantitative estimate of drug-likeness (QED) is 0.391. The molecule has 0 bridgehead atoms. The number of anilines is 1. The van der Waals surface area contributed by atoms with Crippen LogP contribution in [0, 0.1) is 19.8 Å². The number of aryl methyl sites for hydroxylation is 2. The van der Waals surface area contributed by atoms with Gasteiger partial charge in [-0.15, -0.1) is 11.3 Å². The summed E-state index contributed by atoms with van der Waals surface area (Å²) in [5.74, 6) is -0.468. The first-order valence-corrected chi connectivity index (χ1v) is 15.1. The zero-order valence-electron chi connectivity index (χ0n) is 20.5. The first-order valence-electron chi connectivity index (χ1n) is 11.7. The second-order valence-electron chi connectivity index (χ2n) is 9.33. The molecule has 1 aliphatic heterocycles. The molecule has 0 aliphatic carbocycles. The Labute approximate surface area is 220 Å². The third kappa shape index (κ3) is 5.89. The molecule has 1 amide bonds. The summed E-state index contributed by atoms with van der Waals surface area (Å²) in [6.07, 6.45) is 2.09. The van der Waals surface area contributed by atoms with Crippen LogP contribution in [-0.2, 0) is 14.8 Å². The number of piperidine rings is 1. The van der Waals surface area contributed by atoms with E-state index in [1.807, 2.05) is 21.0 Å². The molecule has 190 valence electrons. The summed E-state index contributed by atoms with van der Waals surface area (Å²) in [4.78, 5) is 22.6. The lowest BCUT2D eigenvalue weighted by molar-refractivity contribution is -0.123. The van der Waals surface area contributed by atoms with Crippen LogP contribution in [0.2, 0.25) is 4.34 Å². The van der Waals surface area contributed by atoms with Crippen LogP contribution >= 0.6 is 34.3 Å². The second-order valence-corrected chi connectivity index (χ2v) is 14.2. The molecule has 2 aromatic heterocycles. The Hall–Kier alpha value is -1.56. The Morgan fingerprint density at radius 2 is 1.97 bits per heavy atom. The molecule has 4 rings (SSSR count). The molecule has 7 nitrogen and oxygen atoms in total. The zero-order chi connectivity index (χ0) is 25.3. The number of hydrogen-bond donors (Lipinski definition) is 0. The molecule has 0 radical (unpaired) electrons. The zero-order valence-corrected chi connectivity index (χ0v) is 23.7. The summed E-state index contributed by atoms with van der Waals surface area (Å²) < 4.78 is 29.5. The van der Waals surface area contributed by atoms with Crippen LogP contribution in [0.4, 0.5) is 5.13 Å². The predicted octanol–water partition coefficient (Wildman–Crippen LogP) is 5.01. The molecule has 1 saturated heterocycles. The predicted molar refractivity (Wildman–Crippen MR) is 145 cm³/mol. The molecule has 11 heteroatoms. The minimum Gasteiger partial charge on any atom is -0.309 e. The number of hydrogen-bond acceptors (Lipinski definition) is 7. The van der Waals surface area contributed by atoms with Gasteiger partial charge in [-0.3, -0.25) is 9.69 Å². The minimum atomic E-state index is -3.68. The number of benzene rings is 1. The Bertz CT molecular complexity index is 1320. The van der Waals surface area contributed by atoms with Gasteiger partial charge in [-0.25, -0.2) is 13.4 Å². The monoisotopic (exact) mass is 554 g/mol. The van der Waals surface area contributed by atoms with E-state index < -0.39 is 15.9 Å². The van der Waals surface area contributed by atoms with Crippen molar-refractivity contribution in [1.82, 2.24) is 14.2 Å². The minimum absolute atomic E-state index is 0.0544. The topological polar surface area (TPSA) is 73.8 Å². The summed E-state index contributed by atoms with van der Waals surface area (Å²) in [5.41, 5.74) is 3.17. The molecule has 0 saturated carbocycles. The summed E-state index contributed by atoms with van der Waals surface area (Å²) in [5, 5.41) is 0.683. The fourth-order valence-corrected chi connectivity index (χ4v) is 8.80. The number of rotatable bonds is 8. The SMILES string of the molecule is Cc1cc(C)c2nc(N(CCCN(C)C)C(=O)C3CCCN(S(=O)(=O)c4ccc(Cl)s4)C3)sc2c1. The van der Waals surface area contributed by atoms with Crippen LogP contribution < -0.4 is 4.90 Å². The number of aromatic nitrogens is 1. The number of carbonyl (C=O) groups excluding carboxylic acids is 1. The van der Waals surface area contributed by atoms with Gasteiger partial charge >= 0.3 is 0 Å². The number of nitrogens with zero attached hydrogens (tertiary/aromatic N) is 4. The highest BCUT2D eigenvalue weighted by Gasteiger charge is 2.36. The third-order valence-corrected chi connectivity index (χ3v) is 10.8. The van der Waals surface area contributed by atoms with E-state index in [1.165, 1.54) is 21.7 Å². The second kappa shape index (κ2) is 10.8. The average molecular weight is 555 g/mol. The highest BCUT2D eigenvalue weighted by molar-refractivity contribution is 7.91. The van der Waals surface area contributed by atoms with Crippen LogP contribution in [0.1, 0.15) is 30.4 Å². The molecular formula is C24H31ClN4O3S3. The van der Waals surface area contributed by atoms with Gasteiger partial charge in [0.1, 0.15) is 4.21 Å². The highest BCUT2D eigenvalue weighted by Crippen LogP contribution is 2.35. The first-order chi connectivity index (χ1) is 16.6. The molecule has 0 spiro atoms. The van der Waals surface area contributed by atoms with Crippen LogP contribution in [0.3, 0.4) is 0 Å². The maximum Gasteiger partial charge on any atom is 0.252 e. The summed E-state index contributed by atoms with van der Waals surface area (Å²) in [6, 6.07) is 7.33. The fourth-order valence-electron chi connectivity index (χ4n) is 4.47. The number of sulfonamides is 1. The Kier molecular flexibility index (Phi) is 8.19. The number of thiazole rings is 1. The van der Waals surface area contributed by atoms with Crippen molar-refractivity contribution in [2.24, 2.45) is 5.92 Å². The van der Waals surface area contributed by atoms with Gasteiger partial charge in [0.05, 0.1) is 20.5 Å². The molecular weight excluding hydrogens is 524 g/mol. The normalized spacial score (nSPS) is 17.4. The van der Waals surface area contributed by atoms with Gasteiger partial charge in [0.15, 0.2) is 5.13 Å². The number of halogens is 1. The summed E-state index contributed by atoms with van der Waals surface area (Å²) in [7, 11) is 0.341. The molecule has 1 aliphatic rings. The number of amides is 1. The van der Waals surface area contributed by atoms with Gasteiger partial charge in [0, 0.05) is 19.6 Å². The molecule has 1 unspecified atom stereocenters. The van der Waals surface area contributed by atoms with Gasteiger partial charge in [-0.1, -0.05) is 29.0 Å². The Morgan fingerprint density at radius 1 is 1.20 bits per heavy atom. The van der Waals surface area contributed by atoms with E-state index in [-0.39, 0.29) is 16.7 Å². The fraction of sp³-hybridized carbons (Fsp3) is 0.500. The lowest BCUT2D eigenvalue weighted by Crippen LogP contribution is -2.47. The van der Waals surface area contributed by atoms with Crippen molar-refractivity contribution in [3.63, 3.8) is 0 Å². The lowest BCUT2D eigenvalue weighted by atomic mass is 9.98. The van der Waals surface area contributed by atoms with Gasteiger partial charge in [0.2, 0.25) is 5.91 Å². The van der Waals surface area contributed by atoms with Gasteiger partial charge in [-0.05, 0) is 83.1 Å². The standard InChI is InChI=1S/C24H31ClN4O3S3/c1-16-13-17(2)22-19(14-16)33-24(26-22)29(12-6-10-27(3)4)23(30)18-7-5-11-28(15-18)35(31,32)21-9-8-20(25)34-21/h8-9,13-14,18H,5-7,10-12,15H2,1-4H3. The van der Waals surface area contributed by atoms with Crippen molar-refractivity contribution in [2.75, 3.05) is 45.2 Å². The van der Waals surface area contributed by atoms with Crippen LogP contribution in [0.5, 0.6) is 0 Å². The summed E-state index contributed by atoms with van der Waals surface area (Å²) in [6.45, 7) is 6.06. The number of fused-ring (bicyclic) bond motifs is 1. The maximum atomic E-state index is 13.9. The number of carbonyl (C=O) groups is 1. The molecule has 0 N–H and O–H groups in total. The molecule has 1 aromatic carbocycles. The van der Waals surface area contributed by atoms with Crippen molar-refractivity contribution in [2.45, 2.75) is 37.3 Å². The van der Waals surface area contributed by atoms with Crippen LogP contribution in [-0.4, -0.2) is 68.8 Å². The molecule has 3 aromatic rings. The van der Waals surface area contributed by atoms with E-state index in [4.69, 9.17) is 16.6 Å². The van der Waals surface area contributed by atoms with Crippen molar-refractivity contribution < 1.29 is 13.2 Å². The highest BCUT2D eigenvalue weighted by atomic mass is 35.5. The molecule has 3 heterocycles. The molecule has 35 heavy (non-hydrogen) atoms. The first kappa shape index (κ1) is 26.5. The van der Waals surface area contributed by atoms with Crippen LogP contribution in [0.15, 0.2) is 28.5 Å². The van der Waals surface area contributed by atoms with Crippen molar-refractivity contribution in [3.05, 3.63) is 39.7 Å². The van der Waals surface area contributed by atoms with E-state index in [0.29, 0.717) is 35.4 Å². The largest absolute Gasteiger partial charge is 0.309 e. The average Bonchev–Trinajstić information content (AvgIpc) is 3.43. The smallest absolute Gasteiger partial charge is 0.252 e. The van der Waals surface area contributed by atoms with E-state index in [2.05, 4.69) is 24.0 Å². The van der Waals surface area contributed by atoms with Crippen molar-refractivity contribution in [3.8, 4) is 0 Å². The van der Waals surface area contributed by atoms with E-state index >= 15 is 0 Å². The Balaban J connectivity index is 1.60.